The summed E-state index contributed by atoms with van der Waals surface area (Å²) in [5.74, 6) is 0. The normalized spacial score (nSPS) is 22.1. The summed E-state index contributed by atoms with van der Waals surface area (Å²) in [6, 6.07) is 2.69. The van der Waals surface area contributed by atoms with Crippen LogP contribution in [0, 0.1) is 0 Å². The standard InChI is InChI=1S/C16H30N4/c1-6-9-20-14(7-8-18-20)12-17-13-10-15(2,3)19-16(4,5)11-13/h7-8,13,17,19H,6,9-12H2,1-5H3. The SMILES string of the molecule is CCCn1nccc1CNC1CC(C)(C)NC(C)(C)C1. The topological polar surface area (TPSA) is 41.9 Å². The molecule has 0 atom stereocenters. The van der Waals surface area contributed by atoms with Crippen molar-refractivity contribution in [3.8, 4) is 0 Å². The zero-order valence-electron chi connectivity index (χ0n) is 13.7. The third-order valence-electron chi connectivity index (χ3n) is 4.00. The molecule has 0 radical (unpaired) electrons. The highest BCUT2D eigenvalue weighted by atomic mass is 15.3. The maximum Gasteiger partial charge on any atom is 0.0522 e. The first-order chi connectivity index (χ1) is 9.31. The predicted octanol–water partition coefficient (Wildman–Crippen LogP) is 2.69. The van der Waals surface area contributed by atoms with Gasteiger partial charge in [0.05, 0.1) is 5.69 Å². The van der Waals surface area contributed by atoms with Crippen LogP contribution in [0.5, 0.6) is 0 Å². The molecule has 0 aliphatic carbocycles. The Morgan fingerprint density at radius 2 is 1.95 bits per heavy atom. The second-order valence-corrected chi connectivity index (χ2v) is 7.42. The highest BCUT2D eigenvalue weighted by molar-refractivity contribution is 5.03. The van der Waals surface area contributed by atoms with E-state index in [1.807, 2.05) is 6.20 Å². The molecule has 1 fully saturated rings. The van der Waals surface area contributed by atoms with Gasteiger partial charge in [-0.1, -0.05) is 6.92 Å². The number of nitrogens with zero attached hydrogens (tertiary/aromatic N) is 2. The van der Waals surface area contributed by atoms with Crippen molar-refractivity contribution in [3.63, 3.8) is 0 Å². The van der Waals surface area contributed by atoms with E-state index in [-0.39, 0.29) is 11.1 Å². The first-order valence-electron chi connectivity index (χ1n) is 7.85. The Labute approximate surface area is 123 Å². The fraction of sp³-hybridized carbons (Fsp3) is 0.812. The van der Waals surface area contributed by atoms with Crippen molar-refractivity contribution in [2.75, 3.05) is 0 Å². The van der Waals surface area contributed by atoms with Gasteiger partial charge in [-0.2, -0.15) is 5.10 Å². The van der Waals surface area contributed by atoms with Gasteiger partial charge in [-0.3, -0.25) is 4.68 Å². The molecule has 0 saturated carbocycles. The molecular weight excluding hydrogens is 248 g/mol. The predicted molar refractivity (Wildman–Crippen MR) is 83.7 cm³/mol. The Morgan fingerprint density at radius 3 is 2.55 bits per heavy atom. The van der Waals surface area contributed by atoms with Gasteiger partial charge in [-0.05, 0) is 53.0 Å². The number of nitrogens with one attached hydrogen (secondary N) is 2. The largest absolute Gasteiger partial charge is 0.308 e. The van der Waals surface area contributed by atoms with E-state index in [9.17, 15) is 0 Å². The number of aryl methyl sites for hydroxylation is 1. The molecule has 2 rings (SSSR count). The molecule has 0 spiro atoms. The van der Waals surface area contributed by atoms with Gasteiger partial charge >= 0.3 is 0 Å². The lowest BCUT2D eigenvalue weighted by Gasteiger charge is -2.46. The molecule has 0 bridgehead atoms. The number of aromatic nitrogens is 2. The molecule has 0 amide bonds. The molecule has 4 heteroatoms. The van der Waals surface area contributed by atoms with Crippen molar-refractivity contribution in [1.82, 2.24) is 20.4 Å². The molecule has 20 heavy (non-hydrogen) atoms. The van der Waals surface area contributed by atoms with Crippen LogP contribution in [-0.4, -0.2) is 26.9 Å². The van der Waals surface area contributed by atoms with Crippen LogP contribution in [0.15, 0.2) is 12.3 Å². The average molecular weight is 278 g/mol. The summed E-state index contributed by atoms with van der Waals surface area (Å²) < 4.78 is 2.12. The zero-order valence-corrected chi connectivity index (χ0v) is 13.7. The molecule has 2 heterocycles. The number of piperidine rings is 1. The van der Waals surface area contributed by atoms with E-state index in [0.29, 0.717) is 6.04 Å². The highest BCUT2D eigenvalue weighted by Gasteiger charge is 2.37. The van der Waals surface area contributed by atoms with Crippen LogP contribution in [0.1, 0.15) is 59.6 Å². The lowest BCUT2D eigenvalue weighted by atomic mass is 9.79. The number of rotatable bonds is 5. The Kier molecular flexibility index (Phi) is 4.55. The van der Waals surface area contributed by atoms with Crippen molar-refractivity contribution in [2.45, 2.75) is 84.1 Å². The lowest BCUT2D eigenvalue weighted by molar-refractivity contribution is 0.145. The summed E-state index contributed by atoms with van der Waals surface area (Å²) in [6.07, 6.45) is 5.36. The molecule has 1 saturated heterocycles. The molecule has 1 aliphatic rings. The van der Waals surface area contributed by atoms with Crippen LogP contribution in [0.4, 0.5) is 0 Å². The van der Waals surface area contributed by atoms with E-state index < -0.39 is 0 Å². The minimum atomic E-state index is 0.197. The minimum absolute atomic E-state index is 0.197. The third kappa shape index (κ3) is 4.06. The molecule has 1 aromatic heterocycles. The van der Waals surface area contributed by atoms with Crippen molar-refractivity contribution >= 4 is 0 Å². The molecular formula is C16H30N4. The van der Waals surface area contributed by atoms with E-state index in [1.54, 1.807) is 0 Å². The Morgan fingerprint density at radius 1 is 1.30 bits per heavy atom. The summed E-state index contributed by atoms with van der Waals surface area (Å²) >= 11 is 0. The molecule has 0 unspecified atom stereocenters. The third-order valence-corrected chi connectivity index (χ3v) is 4.00. The zero-order chi connectivity index (χ0) is 14.8. The molecule has 0 aromatic carbocycles. The summed E-state index contributed by atoms with van der Waals surface area (Å²) in [5, 5.41) is 11.9. The van der Waals surface area contributed by atoms with Crippen LogP contribution in [0.2, 0.25) is 0 Å². The van der Waals surface area contributed by atoms with Gasteiger partial charge in [0, 0.05) is 36.4 Å². The minimum Gasteiger partial charge on any atom is -0.308 e. The van der Waals surface area contributed by atoms with E-state index in [2.05, 4.69) is 61.1 Å². The molecule has 1 aromatic rings. The molecule has 1 aliphatic heterocycles. The summed E-state index contributed by atoms with van der Waals surface area (Å²) in [7, 11) is 0. The van der Waals surface area contributed by atoms with Crippen LogP contribution in [-0.2, 0) is 13.1 Å². The maximum atomic E-state index is 4.39. The van der Waals surface area contributed by atoms with E-state index >= 15 is 0 Å². The number of hydrogen-bond acceptors (Lipinski definition) is 3. The van der Waals surface area contributed by atoms with Crippen LogP contribution in [0.3, 0.4) is 0 Å². The molecule has 114 valence electrons. The number of hydrogen-bond donors (Lipinski definition) is 2. The summed E-state index contributed by atoms with van der Waals surface area (Å²) in [6.45, 7) is 13.3. The lowest BCUT2D eigenvalue weighted by Crippen LogP contribution is -2.61. The van der Waals surface area contributed by atoms with Gasteiger partial charge in [-0.25, -0.2) is 0 Å². The Balaban J connectivity index is 1.94. The van der Waals surface area contributed by atoms with E-state index in [1.165, 1.54) is 18.5 Å². The van der Waals surface area contributed by atoms with Crippen molar-refractivity contribution in [1.29, 1.82) is 0 Å². The fourth-order valence-electron chi connectivity index (χ4n) is 3.64. The van der Waals surface area contributed by atoms with Gasteiger partial charge < -0.3 is 10.6 Å². The van der Waals surface area contributed by atoms with Crippen LogP contribution in [0.25, 0.3) is 0 Å². The van der Waals surface area contributed by atoms with Crippen LogP contribution >= 0.6 is 0 Å². The fourth-order valence-corrected chi connectivity index (χ4v) is 3.64. The van der Waals surface area contributed by atoms with Gasteiger partial charge in [0.15, 0.2) is 0 Å². The van der Waals surface area contributed by atoms with Crippen molar-refractivity contribution in [2.24, 2.45) is 0 Å². The van der Waals surface area contributed by atoms with E-state index in [0.717, 1.165) is 19.5 Å². The average Bonchev–Trinajstić information content (AvgIpc) is 2.70. The second-order valence-electron chi connectivity index (χ2n) is 7.42. The van der Waals surface area contributed by atoms with Crippen molar-refractivity contribution < 1.29 is 0 Å². The van der Waals surface area contributed by atoms with Gasteiger partial charge in [0.25, 0.3) is 0 Å². The van der Waals surface area contributed by atoms with Gasteiger partial charge in [0.1, 0.15) is 0 Å². The second kappa shape index (κ2) is 5.86. The van der Waals surface area contributed by atoms with Gasteiger partial charge in [-0.15, -0.1) is 0 Å². The molecule has 2 N–H and O–H groups in total. The first kappa shape index (κ1) is 15.5. The summed E-state index contributed by atoms with van der Waals surface area (Å²) in [5.41, 5.74) is 1.69. The van der Waals surface area contributed by atoms with Crippen LogP contribution < -0.4 is 10.6 Å². The maximum absolute atomic E-state index is 4.39. The summed E-state index contributed by atoms with van der Waals surface area (Å²) in [4.78, 5) is 0. The Bertz CT molecular complexity index is 417. The van der Waals surface area contributed by atoms with E-state index in [4.69, 9.17) is 0 Å². The quantitative estimate of drug-likeness (QED) is 0.870. The Hall–Kier alpha value is -0.870. The molecule has 4 nitrogen and oxygen atoms in total. The smallest absolute Gasteiger partial charge is 0.0522 e. The highest BCUT2D eigenvalue weighted by Crippen LogP contribution is 2.28. The van der Waals surface area contributed by atoms with Gasteiger partial charge in [0.2, 0.25) is 0 Å². The monoisotopic (exact) mass is 278 g/mol. The first-order valence-corrected chi connectivity index (χ1v) is 7.85. The van der Waals surface area contributed by atoms with Crippen molar-refractivity contribution in [3.05, 3.63) is 18.0 Å².